The Morgan fingerprint density at radius 1 is 1.14 bits per heavy atom. The summed E-state index contributed by atoms with van der Waals surface area (Å²) in [5.41, 5.74) is 0. The zero-order valence-electron chi connectivity index (χ0n) is 7.94. The van der Waals surface area contributed by atoms with Crippen LogP contribution in [0.25, 0.3) is 0 Å². The Morgan fingerprint density at radius 2 is 1.86 bits per heavy atom. The fourth-order valence-corrected chi connectivity index (χ4v) is 0.819. The average Bonchev–Trinajstić information content (AvgIpc) is 2.08. The molecule has 0 amide bonds. The second kappa shape index (κ2) is 8.02. The van der Waals surface area contributed by atoms with Crippen LogP contribution in [0.5, 0.6) is 0 Å². The van der Waals surface area contributed by atoms with Gasteiger partial charge in [-0.25, -0.2) is 0 Å². The van der Waals surface area contributed by atoms with E-state index in [0.717, 1.165) is 6.42 Å². The maximum Gasteiger partial charge on any atom is 0.411 e. The van der Waals surface area contributed by atoms with E-state index in [1.807, 2.05) is 0 Å². The topological polar surface area (TPSA) is 41.5 Å². The fourth-order valence-electron chi connectivity index (χ4n) is 0.819. The van der Waals surface area contributed by atoms with Crippen LogP contribution in [0.1, 0.15) is 12.8 Å². The molecule has 2 N–H and O–H groups in total. The van der Waals surface area contributed by atoms with E-state index in [-0.39, 0.29) is 13.2 Å². The average molecular weight is 215 g/mol. The summed E-state index contributed by atoms with van der Waals surface area (Å²) in [6, 6.07) is 0. The summed E-state index contributed by atoms with van der Waals surface area (Å²) >= 11 is 0. The molecule has 0 aromatic carbocycles. The number of rotatable bonds is 8. The number of aliphatic hydroxyl groups excluding tert-OH is 1. The van der Waals surface area contributed by atoms with Gasteiger partial charge in [0.2, 0.25) is 0 Å². The normalized spacial score (nSPS) is 12.0. The van der Waals surface area contributed by atoms with Crippen LogP contribution in [-0.4, -0.2) is 44.2 Å². The third-order valence-corrected chi connectivity index (χ3v) is 1.45. The van der Waals surface area contributed by atoms with Crippen LogP contribution < -0.4 is 5.32 Å². The van der Waals surface area contributed by atoms with Crippen LogP contribution in [0.2, 0.25) is 0 Å². The minimum Gasteiger partial charge on any atom is -0.396 e. The minimum absolute atomic E-state index is 0.0542. The summed E-state index contributed by atoms with van der Waals surface area (Å²) in [6.45, 7) is 0.105. The molecule has 0 aliphatic heterocycles. The molecule has 0 radical (unpaired) electrons. The Bertz CT molecular complexity index is 130. The van der Waals surface area contributed by atoms with Crippen molar-refractivity contribution >= 4 is 0 Å². The van der Waals surface area contributed by atoms with Gasteiger partial charge in [0.1, 0.15) is 6.61 Å². The molecule has 0 fully saturated rings. The van der Waals surface area contributed by atoms with E-state index in [1.54, 1.807) is 0 Å². The van der Waals surface area contributed by atoms with Crippen molar-refractivity contribution in [2.24, 2.45) is 0 Å². The van der Waals surface area contributed by atoms with Gasteiger partial charge in [0.15, 0.2) is 0 Å². The van der Waals surface area contributed by atoms with Crippen molar-refractivity contribution in [3.8, 4) is 0 Å². The summed E-state index contributed by atoms with van der Waals surface area (Å²) in [5.74, 6) is 0. The monoisotopic (exact) mass is 215 g/mol. The van der Waals surface area contributed by atoms with Gasteiger partial charge >= 0.3 is 6.18 Å². The lowest BCUT2D eigenvalue weighted by molar-refractivity contribution is -0.173. The number of halogens is 3. The highest BCUT2D eigenvalue weighted by molar-refractivity contribution is 4.49. The van der Waals surface area contributed by atoms with E-state index in [1.165, 1.54) is 0 Å². The quantitative estimate of drug-likeness (QED) is 0.592. The van der Waals surface area contributed by atoms with Crippen LogP contribution in [-0.2, 0) is 4.74 Å². The van der Waals surface area contributed by atoms with E-state index >= 15 is 0 Å². The van der Waals surface area contributed by atoms with Gasteiger partial charge in [0.05, 0.1) is 6.61 Å². The summed E-state index contributed by atoms with van der Waals surface area (Å²) in [4.78, 5) is 0. The molecule has 0 aromatic heterocycles. The molecule has 0 bridgehead atoms. The molecule has 0 heterocycles. The minimum atomic E-state index is -4.24. The van der Waals surface area contributed by atoms with Crippen molar-refractivity contribution in [1.29, 1.82) is 0 Å². The lowest BCUT2D eigenvalue weighted by atomic mass is 10.3. The lowest BCUT2D eigenvalue weighted by Crippen LogP contribution is -2.24. The van der Waals surface area contributed by atoms with Gasteiger partial charge in [-0.05, 0) is 19.4 Å². The zero-order chi connectivity index (χ0) is 10.9. The highest BCUT2D eigenvalue weighted by Crippen LogP contribution is 2.13. The molecule has 0 saturated carbocycles. The van der Waals surface area contributed by atoms with Crippen LogP contribution in [0, 0.1) is 0 Å². The molecule has 0 aliphatic rings. The Kier molecular flexibility index (Phi) is 7.83. The van der Waals surface area contributed by atoms with Crippen molar-refractivity contribution in [3.05, 3.63) is 0 Å². The number of nitrogens with one attached hydrogen (secondary N) is 1. The maximum atomic E-state index is 11.6. The van der Waals surface area contributed by atoms with Crippen LogP contribution in [0.15, 0.2) is 0 Å². The smallest absolute Gasteiger partial charge is 0.396 e. The molecular formula is C8H16F3NO2. The van der Waals surface area contributed by atoms with E-state index in [9.17, 15) is 13.2 Å². The number of hydrogen-bond donors (Lipinski definition) is 2. The summed E-state index contributed by atoms with van der Waals surface area (Å²) < 4.78 is 39.0. The van der Waals surface area contributed by atoms with Gasteiger partial charge in [-0.1, -0.05) is 0 Å². The summed E-state index contributed by atoms with van der Waals surface area (Å²) in [7, 11) is 0. The molecule has 0 rings (SSSR count). The Hall–Kier alpha value is -0.330. The van der Waals surface area contributed by atoms with Crippen molar-refractivity contribution in [2.75, 3.05) is 32.9 Å². The van der Waals surface area contributed by atoms with E-state index < -0.39 is 12.8 Å². The first kappa shape index (κ1) is 13.7. The molecule has 14 heavy (non-hydrogen) atoms. The van der Waals surface area contributed by atoms with Gasteiger partial charge in [0, 0.05) is 13.2 Å². The largest absolute Gasteiger partial charge is 0.411 e. The summed E-state index contributed by atoms with van der Waals surface area (Å²) in [6.07, 6.45) is -2.72. The Balaban J connectivity index is 2.99. The number of unbranched alkanes of at least 4 members (excludes halogenated alkanes) is 1. The van der Waals surface area contributed by atoms with Gasteiger partial charge in [-0.2, -0.15) is 13.2 Å². The second-order valence-electron chi connectivity index (χ2n) is 2.85. The molecule has 0 aliphatic carbocycles. The first-order chi connectivity index (χ1) is 6.56. The molecule has 0 aromatic rings. The predicted molar refractivity (Wildman–Crippen MR) is 46.1 cm³/mol. The number of aliphatic hydroxyl groups is 1. The summed E-state index contributed by atoms with van der Waals surface area (Å²) in [5, 5.41) is 11.3. The van der Waals surface area contributed by atoms with Crippen molar-refractivity contribution in [1.82, 2.24) is 5.32 Å². The fraction of sp³-hybridized carbons (Fsp3) is 1.00. The highest BCUT2D eigenvalue weighted by Gasteiger charge is 2.26. The maximum absolute atomic E-state index is 11.6. The van der Waals surface area contributed by atoms with Crippen LogP contribution in [0.4, 0.5) is 13.2 Å². The third kappa shape index (κ3) is 11.7. The van der Waals surface area contributed by atoms with Gasteiger partial charge in [-0.15, -0.1) is 0 Å². The van der Waals surface area contributed by atoms with Crippen LogP contribution in [0.3, 0.4) is 0 Å². The highest BCUT2D eigenvalue weighted by atomic mass is 19.4. The van der Waals surface area contributed by atoms with Gasteiger partial charge in [0.25, 0.3) is 0 Å². The standard InChI is InChI=1S/C8H16F3NO2/c9-8(10,11)7-14-6-4-12-3-1-2-5-13/h12-13H,1-7H2. The first-order valence-corrected chi connectivity index (χ1v) is 4.52. The SMILES string of the molecule is OCCCCNCCOCC(F)(F)F. The third-order valence-electron chi connectivity index (χ3n) is 1.45. The van der Waals surface area contributed by atoms with Crippen LogP contribution >= 0.6 is 0 Å². The molecule has 6 heteroatoms. The number of ether oxygens (including phenoxy) is 1. The Morgan fingerprint density at radius 3 is 2.43 bits per heavy atom. The predicted octanol–water partition coefficient (Wildman–Crippen LogP) is 0.927. The first-order valence-electron chi connectivity index (χ1n) is 4.52. The Labute approximate surface area is 81.2 Å². The van der Waals surface area contributed by atoms with E-state index in [4.69, 9.17) is 5.11 Å². The van der Waals surface area contributed by atoms with Crippen molar-refractivity contribution in [2.45, 2.75) is 19.0 Å². The second-order valence-corrected chi connectivity index (χ2v) is 2.85. The van der Waals surface area contributed by atoms with Gasteiger partial charge in [-0.3, -0.25) is 0 Å². The molecule has 0 saturated heterocycles. The molecule has 86 valence electrons. The van der Waals surface area contributed by atoms with Gasteiger partial charge < -0.3 is 15.2 Å². The number of hydrogen-bond acceptors (Lipinski definition) is 3. The van der Waals surface area contributed by atoms with Crippen molar-refractivity contribution in [3.63, 3.8) is 0 Å². The van der Waals surface area contributed by atoms with Crippen molar-refractivity contribution < 1.29 is 23.0 Å². The molecule has 3 nitrogen and oxygen atoms in total. The number of alkyl halides is 3. The molecular weight excluding hydrogens is 199 g/mol. The zero-order valence-corrected chi connectivity index (χ0v) is 7.94. The molecule has 0 unspecified atom stereocenters. The van der Waals surface area contributed by atoms with E-state index in [2.05, 4.69) is 10.1 Å². The van der Waals surface area contributed by atoms with E-state index in [0.29, 0.717) is 19.5 Å². The lowest BCUT2D eigenvalue weighted by Gasteiger charge is -2.08. The molecule has 0 atom stereocenters. The molecule has 0 spiro atoms.